The number of hydrogen-bond acceptors (Lipinski definition) is 6. The second-order valence-electron chi connectivity index (χ2n) is 11.5. The highest BCUT2D eigenvalue weighted by Crippen LogP contribution is 2.62. The van der Waals surface area contributed by atoms with Crippen LogP contribution in [0.2, 0.25) is 0 Å². The van der Waals surface area contributed by atoms with E-state index in [1.807, 2.05) is 30.3 Å². The minimum absolute atomic E-state index is 0.00941. The predicted molar refractivity (Wildman–Crippen MR) is 138 cm³/mol. The number of carbonyl (C=O) groups excluding carboxylic acids is 2. The minimum atomic E-state index is -1.45. The molecule has 2 fully saturated rings. The van der Waals surface area contributed by atoms with Crippen LogP contribution in [0.15, 0.2) is 36.4 Å². The molecule has 1 aliphatic heterocycles. The standard InChI is InChI=1S/C29H34BNO6/c1-29-11-10-22-21-7-5-20(30(34)35)13-18(21)3-6-23(22)28(29)19(14-26(29)32)4-9-27(33)31-15-17-2-8-24-25(12-17)37-16-36-24/h2,5,7-8,12-13,19,22-23,28,34-35H,3-4,6,9-11,14-16H2,1H3,(H,31,33)/t19-,22-,23-,28+,29-/m1/s1. The van der Waals surface area contributed by atoms with Crippen LogP contribution in [-0.4, -0.2) is 35.6 Å². The quantitative estimate of drug-likeness (QED) is 0.524. The van der Waals surface area contributed by atoms with Gasteiger partial charge in [0.2, 0.25) is 12.7 Å². The third-order valence-electron chi connectivity index (χ3n) is 9.56. The lowest BCUT2D eigenvalue weighted by molar-refractivity contribution is -0.129. The van der Waals surface area contributed by atoms with Crippen molar-refractivity contribution < 1.29 is 29.1 Å². The molecule has 2 saturated carbocycles. The van der Waals surface area contributed by atoms with Crippen molar-refractivity contribution in [2.75, 3.05) is 6.79 Å². The Morgan fingerprint density at radius 3 is 2.81 bits per heavy atom. The fourth-order valence-corrected chi connectivity index (χ4v) is 7.74. The number of ketones is 1. The Bertz CT molecular complexity index is 1230. The van der Waals surface area contributed by atoms with E-state index in [0.29, 0.717) is 48.2 Å². The summed E-state index contributed by atoms with van der Waals surface area (Å²) in [6, 6.07) is 11.5. The van der Waals surface area contributed by atoms with Crippen LogP contribution in [0.5, 0.6) is 11.5 Å². The van der Waals surface area contributed by atoms with Crippen molar-refractivity contribution >= 4 is 24.3 Å². The first-order valence-electron chi connectivity index (χ1n) is 13.5. The molecule has 37 heavy (non-hydrogen) atoms. The van der Waals surface area contributed by atoms with E-state index < -0.39 is 7.12 Å². The topological polar surface area (TPSA) is 105 Å². The molecule has 5 atom stereocenters. The van der Waals surface area contributed by atoms with Crippen molar-refractivity contribution in [3.63, 3.8) is 0 Å². The van der Waals surface area contributed by atoms with Crippen LogP contribution in [0, 0.1) is 23.2 Å². The highest BCUT2D eigenvalue weighted by molar-refractivity contribution is 6.58. The average molecular weight is 503 g/mol. The molecule has 0 bridgehead atoms. The number of rotatable bonds is 6. The van der Waals surface area contributed by atoms with Crippen molar-refractivity contribution in [2.24, 2.45) is 23.2 Å². The second kappa shape index (κ2) is 9.48. The van der Waals surface area contributed by atoms with Gasteiger partial charge in [0, 0.05) is 24.8 Å². The molecule has 6 rings (SSSR count). The molecule has 4 aliphatic rings. The maximum atomic E-state index is 13.3. The van der Waals surface area contributed by atoms with Gasteiger partial charge in [-0.3, -0.25) is 9.59 Å². The van der Waals surface area contributed by atoms with Crippen molar-refractivity contribution in [3.05, 3.63) is 53.1 Å². The second-order valence-corrected chi connectivity index (χ2v) is 11.5. The molecular formula is C29H34BNO6. The Kier molecular flexibility index (Phi) is 6.28. The van der Waals surface area contributed by atoms with Crippen molar-refractivity contribution in [1.29, 1.82) is 0 Å². The van der Waals surface area contributed by atoms with Crippen molar-refractivity contribution in [2.45, 2.75) is 64.3 Å². The maximum Gasteiger partial charge on any atom is 0.488 e. The van der Waals surface area contributed by atoms with E-state index in [2.05, 4.69) is 18.3 Å². The zero-order valence-corrected chi connectivity index (χ0v) is 21.2. The zero-order valence-electron chi connectivity index (χ0n) is 21.2. The lowest BCUT2D eigenvalue weighted by Gasteiger charge is -2.50. The minimum Gasteiger partial charge on any atom is -0.454 e. The maximum absolute atomic E-state index is 13.3. The van der Waals surface area contributed by atoms with E-state index in [4.69, 9.17) is 9.47 Å². The first-order chi connectivity index (χ1) is 17.8. The Labute approximate surface area is 217 Å². The summed E-state index contributed by atoms with van der Waals surface area (Å²) < 4.78 is 10.8. The van der Waals surface area contributed by atoms with Crippen LogP contribution in [0.4, 0.5) is 0 Å². The highest BCUT2D eigenvalue weighted by Gasteiger charge is 2.58. The average Bonchev–Trinajstić information content (AvgIpc) is 3.47. The molecule has 7 nitrogen and oxygen atoms in total. The van der Waals surface area contributed by atoms with Crippen LogP contribution < -0.4 is 20.3 Å². The Morgan fingerprint density at radius 2 is 1.97 bits per heavy atom. The number of hydrogen-bond donors (Lipinski definition) is 3. The van der Waals surface area contributed by atoms with Gasteiger partial charge < -0.3 is 24.8 Å². The fourth-order valence-electron chi connectivity index (χ4n) is 7.74. The molecular weight excluding hydrogens is 469 g/mol. The smallest absolute Gasteiger partial charge is 0.454 e. The Morgan fingerprint density at radius 1 is 1.14 bits per heavy atom. The number of Topliss-reactive ketones (excluding diaryl/α,β-unsaturated/α-hetero) is 1. The zero-order chi connectivity index (χ0) is 25.7. The Balaban J connectivity index is 1.12. The number of benzene rings is 2. The first-order valence-corrected chi connectivity index (χ1v) is 13.5. The summed E-state index contributed by atoms with van der Waals surface area (Å²) in [5, 5.41) is 22.2. The van der Waals surface area contributed by atoms with Gasteiger partial charge in [-0.25, -0.2) is 0 Å². The summed E-state index contributed by atoms with van der Waals surface area (Å²) in [5.74, 6) is 3.13. The number of fused-ring (bicyclic) bond motifs is 6. The summed E-state index contributed by atoms with van der Waals surface area (Å²) in [5.41, 5.74) is 3.72. The van der Waals surface area contributed by atoms with E-state index in [0.717, 1.165) is 43.4 Å². The summed E-state index contributed by atoms with van der Waals surface area (Å²) in [7, 11) is -1.45. The van der Waals surface area contributed by atoms with Crippen LogP contribution >= 0.6 is 0 Å². The van der Waals surface area contributed by atoms with E-state index >= 15 is 0 Å². The molecule has 0 spiro atoms. The SMILES string of the molecule is C[C@]12CC[C@@H]3c4ccc(B(O)O)cc4CC[C@H]3[C@@H]1[C@H](CCC(=O)NCc1ccc3c(c1)OCO3)CC2=O. The highest BCUT2D eigenvalue weighted by atomic mass is 16.7. The van der Waals surface area contributed by atoms with Gasteiger partial charge >= 0.3 is 7.12 Å². The molecule has 1 heterocycles. The van der Waals surface area contributed by atoms with Gasteiger partial charge in [-0.15, -0.1) is 0 Å². The van der Waals surface area contributed by atoms with Gasteiger partial charge in [0.1, 0.15) is 5.78 Å². The molecule has 2 aromatic carbocycles. The van der Waals surface area contributed by atoms with Crippen molar-refractivity contribution in [1.82, 2.24) is 5.32 Å². The molecule has 1 amide bonds. The van der Waals surface area contributed by atoms with Crippen molar-refractivity contribution in [3.8, 4) is 11.5 Å². The molecule has 3 aliphatic carbocycles. The van der Waals surface area contributed by atoms with Crippen LogP contribution in [-0.2, 0) is 22.6 Å². The fraction of sp³-hybridized carbons (Fsp3) is 0.517. The summed E-state index contributed by atoms with van der Waals surface area (Å²) in [4.78, 5) is 26.0. The van der Waals surface area contributed by atoms with E-state index in [9.17, 15) is 19.6 Å². The van der Waals surface area contributed by atoms with Gasteiger partial charge in [-0.1, -0.05) is 31.2 Å². The van der Waals surface area contributed by atoms with E-state index in [-0.39, 0.29) is 30.0 Å². The monoisotopic (exact) mass is 503 g/mol. The molecule has 8 heteroatoms. The third-order valence-corrected chi connectivity index (χ3v) is 9.56. The number of carbonyl (C=O) groups is 2. The van der Waals surface area contributed by atoms with E-state index in [1.165, 1.54) is 11.1 Å². The van der Waals surface area contributed by atoms with Gasteiger partial charge in [0.05, 0.1) is 0 Å². The molecule has 0 unspecified atom stereocenters. The van der Waals surface area contributed by atoms with Gasteiger partial charge in [0.25, 0.3) is 0 Å². The van der Waals surface area contributed by atoms with Crippen LogP contribution in [0.3, 0.4) is 0 Å². The lowest BCUT2D eigenvalue weighted by Crippen LogP contribution is -2.44. The van der Waals surface area contributed by atoms with Crippen LogP contribution in [0.25, 0.3) is 0 Å². The molecule has 194 valence electrons. The van der Waals surface area contributed by atoms with Gasteiger partial charge in [0.15, 0.2) is 11.5 Å². The summed E-state index contributed by atoms with van der Waals surface area (Å²) >= 11 is 0. The van der Waals surface area contributed by atoms with Crippen LogP contribution in [0.1, 0.15) is 68.1 Å². The molecule has 0 radical (unpaired) electrons. The summed E-state index contributed by atoms with van der Waals surface area (Å²) in [6.45, 7) is 2.83. The summed E-state index contributed by atoms with van der Waals surface area (Å²) in [6.07, 6.45) is 5.48. The largest absolute Gasteiger partial charge is 0.488 e. The Hall–Kier alpha value is -2.84. The molecule has 3 N–H and O–H groups in total. The number of amides is 1. The number of ether oxygens (including phenoxy) is 2. The molecule has 0 aromatic heterocycles. The third kappa shape index (κ3) is 4.34. The molecule has 2 aromatic rings. The number of aryl methyl sites for hydroxylation is 1. The van der Waals surface area contributed by atoms with Gasteiger partial charge in [-0.2, -0.15) is 0 Å². The lowest BCUT2D eigenvalue weighted by atomic mass is 9.53. The molecule has 0 saturated heterocycles. The number of nitrogens with one attached hydrogen (secondary N) is 1. The van der Waals surface area contributed by atoms with Gasteiger partial charge in [-0.05, 0) is 90.1 Å². The normalized spacial score (nSPS) is 29.3. The first kappa shape index (κ1) is 24.5. The van der Waals surface area contributed by atoms with E-state index in [1.54, 1.807) is 0 Å². The predicted octanol–water partition coefficient (Wildman–Crippen LogP) is 2.84.